The Bertz CT molecular complexity index is 939. The molecule has 0 saturated carbocycles. The molecule has 11 heteroatoms. The van der Waals surface area contributed by atoms with Crippen molar-refractivity contribution < 1.29 is 38.8 Å². The van der Waals surface area contributed by atoms with Gasteiger partial charge in [0.25, 0.3) is 0 Å². The zero-order chi connectivity index (χ0) is 22.1. The van der Waals surface area contributed by atoms with E-state index in [1.54, 1.807) is 4.90 Å². The molecule has 0 bridgehead atoms. The second kappa shape index (κ2) is 6.76. The van der Waals surface area contributed by atoms with Crippen molar-refractivity contribution in [3.05, 3.63) is 22.6 Å². The summed E-state index contributed by atoms with van der Waals surface area (Å²) in [5.41, 5.74) is -3.19. The fourth-order valence-corrected chi connectivity index (χ4v) is 5.67. The third-order valence-corrected chi connectivity index (χ3v) is 7.08. The minimum Gasteiger partial charge on any atom is -0.486 e. The van der Waals surface area contributed by atoms with E-state index in [4.69, 9.17) is 14.2 Å². The van der Waals surface area contributed by atoms with Crippen LogP contribution in [0.15, 0.2) is 22.6 Å². The van der Waals surface area contributed by atoms with Gasteiger partial charge in [-0.1, -0.05) is 0 Å². The van der Waals surface area contributed by atoms with Crippen molar-refractivity contribution in [1.82, 2.24) is 15.5 Å². The minimum atomic E-state index is -1.86. The average Bonchev–Trinajstić information content (AvgIpc) is 3.38. The van der Waals surface area contributed by atoms with Crippen LogP contribution < -0.4 is 10.6 Å². The molecule has 3 fully saturated rings. The number of ether oxygens (including phenoxy) is 3. The number of allylic oxidation sites excluding steroid dienone is 2. The van der Waals surface area contributed by atoms with E-state index in [0.717, 1.165) is 0 Å². The molecule has 0 radical (unpaired) electrons. The van der Waals surface area contributed by atoms with Gasteiger partial charge in [0, 0.05) is 38.1 Å². The van der Waals surface area contributed by atoms with Gasteiger partial charge in [-0.25, -0.2) is 4.79 Å². The van der Waals surface area contributed by atoms with Crippen molar-refractivity contribution in [3.63, 3.8) is 0 Å². The number of nitrogens with one attached hydrogen (secondary N) is 2. The summed E-state index contributed by atoms with van der Waals surface area (Å²) < 4.78 is 17.1. The van der Waals surface area contributed by atoms with E-state index in [0.29, 0.717) is 32.6 Å². The van der Waals surface area contributed by atoms with E-state index in [-0.39, 0.29) is 40.8 Å². The standard InChI is InChI=1S/C20H25N3O8/c1-9-14(25)13-12(15(26)16(9)31-10-3-5-30-6-4-10)19(8-24,22-18(27)28)20(29-2)17-11(21-17)7-23(13)20/h10-11,17,21-22,24H,3-8H2,1-2H3,(H,27,28). The number of aliphatic hydroxyl groups excluding tert-OH is 1. The minimum absolute atomic E-state index is 0.0393. The van der Waals surface area contributed by atoms with Crippen LogP contribution in [0.4, 0.5) is 4.79 Å². The molecule has 4 N–H and O–H groups in total. The number of fused-ring (bicyclic) bond motifs is 4. The summed E-state index contributed by atoms with van der Waals surface area (Å²) in [6.07, 6.45) is -0.586. The molecule has 5 rings (SSSR count). The third kappa shape index (κ3) is 2.45. The van der Waals surface area contributed by atoms with Crippen molar-refractivity contribution in [1.29, 1.82) is 0 Å². The van der Waals surface area contributed by atoms with Gasteiger partial charge >= 0.3 is 6.09 Å². The molecular weight excluding hydrogens is 410 g/mol. The fourth-order valence-electron chi connectivity index (χ4n) is 5.67. The van der Waals surface area contributed by atoms with E-state index in [2.05, 4.69) is 10.6 Å². The number of hydrogen-bond donors (Lipinski definition) is 4. The van der Waals surface area contributed by atoms with E-state index < -0.39 is 35.5 Å². The first kappa shape index (κ1) is 20.4. The molecule has 0 aromatic rings. The number of rotatable bonds is 5. The fraction of sp³-hybridized carbons (Fsp3) is 0.650. The number of Topliss-reactive ketones (excluding diaryl/α,β-unsaturated/α-hetero) is 2. The first-order valence-corrected chi connectivity index (χ1v) is 10.3. The van der Waals surface area contributed by atoms with Crippen LogP contribution in [0.2, 0.25) is 0 Å². The van der Waals surface area contributed by atoms with Crippen LogP contribution in [-0.2, 0) is 23.8 Å². The quantitative estimate of drug-likeness (QED) is 0.308. The van der Waals surface area contributed by atoms with E-state index in [1.165, 1.54) is 14.0 Å². The number of carboxylic acid groups (broad SMARTS) is 1. The molecule has 1 aliphatic carbocycles. The summed E-state index contributed by atoms with van der Waals surface area (Å²) in [5.74, 6) is -1.14. The summed E-state index contributed by atoms with van der Waals surface area (Å²) >= 11 is 0. The molecule has 4 unspecified atom stereocenters. The molecule has 4 atom stereocenters. The molecule has 0 spiro atoms. The van der Waals surface area contributed by atoms with E-state index in [9.17, 15) is 24.6 Å². The van der Waals surface area contributed by atoms with E-state index in [1.807, 2.05) is 0 Å². The van der Waals surface area contributed by atoms with Crippen molar-refractivity contribution >= 4 is 17.7 Å². The third-order valence-electron chi connectivity index (χ3n) is 7.08. The summed E-state index contributed by atoms with van der Waals surface area (Å²) in [4.78, 5) is 40.7. The number of amides is 1. The maximum absolute atomic E-state index is 13.7. The number of aliphatic hydroxyl groups is 1. The lowest BCUT2D eigenvalue weighted by atomic mass is 9.76. The van der Waals surface area contributed by atoms with Gasteiger partial charge in [0.2, 0.25) is 11.6 Å². The van der Waals surface area contributed by atoms with Crippen molar-refractivity contribution in [2.45, 2.75) is 49.2 Å². The van der Waals surface area contributed by atoms with Gasteiger partial charge in [0.1, 0.15) is 11.6 Å². The Kier molecular flexibility index (Phi) is 4.46. The highest BCUT2D eigenvalue weighted by atomic mass is 16.5. The van der Waals surface area contributed by atoms with Gasteiger partial charge < -0.3 is 40.0 Å². The number of ketones is 2. The monoisotopic (exact) mass is 435 g/mol. The van der Waals surface area contributed by atoms with Gasteiger partial charge in [0.05, 0.1) is 37.1 Å². The molecule has 5 aliphatic rings. The maximum Gasteiger partial charge on any atom is 0.405 e. The predicted molar refractivity (Wildman–Crippen MR) is 103 cm³/mol. The second-order valence-electron chi connectivity index (χ2n) is 8.52. The van der Waals surface area contributed by atoms with Gasteiger partial charge in [0.15, 0.2) is 11.5 Å². The molecule has 3 saturated heterocycles. The Morgan fingerprint density at radius 3 is 2.65 bits per heavy atom. The second-order valence-corrected chi connectivity index (χ2v) is 8.52. The Morgan fingerprint density at radius 1 is 1.32 bits per heavy atom. The first-order valence-electron chi connectivity index (χ1n) is 10.3. The molecule has 1 amide bonds. The highest BCUT2D eigenvalue weighted by Crippen LogP contribution is 2.57. The van der Waals surface area contributed by atoms with Crippen LogP contribution >= 0.6 is 0 Å². The number of carbonyl (C=O) groups is 3. The highest BCUT2D eigenvalue weighted by molar-refractivity contribution is 6.26. The first-order chi connectivity index (χ1) is 14.8. The van der Waals surface area contributed by atoms with Crippen molar-refractivity contribution in [2.24, 2.45) is 0 Å². The van der Waals surface area contributed by atoms with Crippen LogP contribution in [-0.4, -0.2) is 95.7 Å². The van der Waals surface area contributed by atoms with Crippen LogP contribution in [0.5, 0.6) is 0 Å². The van der Waals surface area contributed by atoms with Crippen LogP contribution in [0.25, 0.3) is 0 Å². The largest absolute Gasteiger partial charge is 0.486 e. The van der Waals surface area contributed by atoms with Gasteiger partial charge in [-0.2, -0.15) is 0 Å². The van der Waals surface area contributed by atoms with Crippen LogP contribution in [0, 0.1) is 0 Å². The number of carbonyl (C=O) groups excluding carboxylic acids is 2. The lowest BCUT2D eigenvalue weighted by Crippen LogP contribution is -2.72. The summed E-state index contributed by atoms with van der Waals surface area (Å²) in [6.45, 7) is 2.09. The number of hydrogen-bond acceptors (Lipinski definition) is 9. The Balaban J connectivity index is 1.63. The maximum atomic E-state index is 13.7. The zero-order valence-electron chi connectivity index (χ0n) is 17.3. The Morgan fingerprint density at radius 2 is 2.03 bits per heavy atom. The normalized spacial score (nSPS) is 37.1. The number of methoxy groups -OCH3 is 1. The molecule has 11 nitrogen and oxygen atoms in total. The molecular formula is C20H25N3O8. The summed E-state index contributed by atoms with van der Waals surface area (Å²) in [6, 6.07) is -0.398. The van der Waals surface area contributed by atoms with Crippen LogP contribution in [0.1, 0.15) is 19.8 Å². The summed E-state index contributed by atoms with van der Waals surface area (Å²) in [7, 11) is 1.39. The van der Waals surface area contributed by atoms with Crippen molar-refractivity contribution in [3.8, 4) is 0 Å². The van der Waals surface area contributed by atoms with Crippen molar-refractivity contribution in [2.75, 3.05) is 33.5 Å². The highest BCUT2D eigenvalue weighted by Gasteiger charge is 2.79. The predicted octanol–water partition coefficient (Wildman–Crippen LogP) is -1.13. The van der Waals surface area contributed by atoms with E-state index >= 15 is 0 Å². The molecule has 4 heterocycles. The van der Waals surface area contributed by atoms with Crippen LogP contribution in [0.3, 0.4) is 0 Å². The molecule has 4 aliphatic heterocycles. The Labute approximate surface area is 178 Å². The zero-order valence-corrected chi connectivity index (χ0v) is 17.3. The smallest absolute Gasteiger partial charge is 0.405 e. The Hall–Kier alpha value is -2.47. The summed E-state index contributed by atoms with van der Waals surface area (Å²) in [5, 5.41) is 25.7. The molecule has 168 valence electrons. The van der Waals surface area contributed by atoms with Gasteiger partial charge in [-0.15, -0.1) is 0 Å². The van der Waals surface area contributed by atoms with Gasteiger partial charge in [-0.05, 0) is 6.92 Å². The topological polar surface area (TPSA) is 157 Å². The number of piperazine rings is 1. The SMILES string of the molecule is COC12C3NC3CN1C1=C(C(=O)C(OC3CCOCC3)=C(C)C1=O)C2(CO)NC(=O)O. The molecule has 0 aromatic carbocycles. The number of nitrogens with zero attached hydrogens (tertiary/aromatic N) is 1. The lowest BCUT2D eigenvalue weighted by Gasteiger charge is -2.46. The van der Waals surface area contributed by atoms with Gasteiger partial charge in [-0.3, -0.25) is 9.59 Å². The lowest BCUT2D eigenvalue weighted by molar-refractivity contribution is -0.151. The molecule has 31 heavy (non-hydrogen) atoms. The molecule has 0 aromatic heterocycles. The average molecular weight is 435 g/mol.